The summed E-state index contributed by atoms with van der Waals surface area (Å²) in [4.78, 5) is 15.1. The minimum atomic E-state index is -4.49. The van der Waals surface area contributed by atoms with E-state index in [0.29, 0.717) is 5.13 Å². The molecule has 118 valence electrons. The summed E-state index contributed by atoms with van der Waals surface area (Å²) in [5.41, 5.74) is 0.602. The van der Waals surface area contributed by atoms with Crippen molar-refractivity contribution in [2.45, 2.75) is 6.18 Å². The van der Waals surface area contributed by atoms with Crippen LogP contribution in [0.15, 0.2) is 23.8 Å². The van der Waals surface area contributed by atoms with Crippen molar-refractivity contribution >= 4 is 28.3 Å². The third kappa shape index (κ3) is 4.55. The van der Waals surface area contributed by atoms with Crippen molar-refractivity contribution in [3.8, 4) is 0 Å². The predicted octanol–water partition coefficient (Wildman–Crippen LogP) is 2.19. The third-order valence-electron chi connectivity index (χ3n) is 2.40. The highest BCUT2D eigenvalue weighted by atomic mass is 32.1. The van der Waals surface area contributed by atoms with Gasteiger partial charge in [0.05, 0.1) is 5.56 Å². The van der Waals surface area contributed by atoms with Gasteiger partial charge in [0.25, 0.3) is 0 Å². The second kappa shape index (κ2) is 7.02. The first-order valence-corrected chi connectivity index (χ1v) is 6.92. The highest BCUT2D eigenvalue weighted by Gasteiger charge is 2.33. The van der Waals surface area contributed by atoms with E-state index < -0.39 is 17.8 Å². The Bertz CT molecular complexity index is 619. The monoisotopic (exact) mass is 332 g/mol. The van der Waals surface area contributed by atoms with Crippen molar-refractivity contribution in [2.75, 3.05) is 23.7 Å². The number of urea groups is 1. The number of carbonyl (C=O) groups excluding carboxylic acids is 1. The van der Waals surface area contributed by atoms with Crippen LogP contribution in [0, 0.1) is 0 Å². The zero-order valence-electron chi connectivity index (χ0n) is 11.0. The molecule has 2 heterocycles. The van der Waals surface area contributed by atoms with Crippen molar-refractivity contribution < 1.29 is 18.0 Å². The van der Waals surface area contributed by atoms with Gasteiger partial charge in [-0.2, -0.15) is 13.2 Å². The van der Waals surface area contributed by atoms with E-state index in [1.54, 1.807) is 0 Å². The maximum atomic E-state index is 12.7. The lowest BCUT2D eigenvalue weighted by Crippen LogP contribution is -2.33. The number of aromatic nitrogens is 3. The van der Waals surface area contributed by atoms with E-state index in [-0.39, 0.29) is 18.9 Å². The summed E-state index contributed by atoms with van der Waals surface area (Å²) in [6, 6.07) is 1.63. The van der Waals surface area contributed by atoms with Crippen LogP contribution >= 0.6 is 11.3 Å². The van der Waals surface area contributed by atoms with Crippen molar-refractivity contribution in [1.82, 2.24) is 20.5 Å². The van der Waals surface area contributed by atoms with E-state index in [1.165, 1.54) is 17.8 Å². The van der Waals surface area contributed by atoms with Gasteiger partial charge in [0.1, 0.15) is 11.3 Å². The Kier molecular flexibility index (Phi) is 5.09. The Hall–Kier alpha value is -2.43. The molecule has 7 nitrogen and oxygen atoms in total. The first kappa shape index (κ1) is 15.9. The van der Waals surface area contributed by atoms with Crippen LogP contribution < -0.4 is 16.0 Å². The fourth-order valence-corrected chi connectivity index (χ4v) is 1.94. The number of hydrogen-bond acceptors (Lipinski definition) is 6. The number of rotatable bonds is 5. The van der Waals surface area contributed by atoms with Gasteiger partial charge in [-0.3, -0.25) is 5.32 Å². The molecule has 2 amide bonds. The summed E-state index contributed by atoms with van der Waals surface area (Å²) in [5.74, 6) is -0.277. The van der Waals surface area contributed by atoms with Crippen LogP contribution in [0.1, 0.15) is 5.56 Å². The summed E-state index contributed by atoms with van der Waals surface area (Å²) in [5, 5.41) is 14.9. The molecule has 0 fully saturated rings. The lowest BCUT2D eigenvalue weighted by atomic mass is 10.2. The largest absolute Gasteiger partial charge is 0.419 e. The molecule has 0 bridgehead atoms. The second-order valence-corrected chi connectivity index (χ2v) is 4.78. The van der Waals surface area contributed by atoms with Gasteiger partial charge in [0, 0.05) is 19.3 Å². The minimum Gasteiger partial charge on any atom is -0.368 e. The SMILES string of the molecule is O=C(NCCNc1ncccc1C(F)(F)F)Nc1nncs1. The number of carbonyl (C=O) groups is 1. The summed E-state index contributed by atoms with van der Waals surface area (Å²) in [6.07, 6.45) is -3.23. The quantitative estimate of drug-likeness (QED) is 0.730. The Balaban J connectivity index is 1.78. The van der Waals surface area contributed by atoms with E-state index in [0.717, 1.165) is 17.4 Å². The van der Waals surface area contributed by atoms with Crippen LogP contribution in [-0.4, -0.2) is 34.3 Å². The molecule has 22 heavy (non-hydrogen) atoms. The number of halogens is 3. The van der Waals surface area contributed by atoms with Crippen LogP contribution in [0.4, 0.5) is 28.9 Å². The molecule has 0 saturated carbocycles. The summed E-state index contributed by atoms with van der Waals surface area (Å²) < 4.78 is 38.2. The van der Waals surface area contributed by atoms with Gasteiger partial charge in [-0.05, 0) is 12.1 Å². The normalized spacial score (nSPS) is 11.0. The third-order valence-corrected chi connectivity index (χ3v) is 3.00. The summed E-state index contributed by atoms with van der Waals surface area (Å²) in [7, 11) is 0. The fourth-order valence-electron chi connectivity index (χ4n) is 1.50. The molecule has 0 aliphatic carbocycles. The highest BCUT2D eigenvalue weighted by molar-refractivity contribution is 7.13. The molecule has 0 radical (unpaired) electrons. The number of hydrogen-bond donors (Lipinski definition) is 3. The smallest absolute Gasteiger partial charge is 0.368 e. The minimum absolute atomic E-state index is 0.0869. The zero-order valence-corrected chi connectivity index (χ0v) is 11.8. The number of nitrogens with zero attached hydrogens (tertiary/aromatic N) is 3. The molecule has 0 unspecified atom stereocenters. The van der Waals surface area contributed by atoms with Crippen molar-refractivity contribution in [3.63, 3.8) is 0 Å². The topological polar surface area (TPSA) is 91.8 Å². The second-order valence-electron chi connectivity index (χ2n) is 3.95. The maximum absolute atomic E-state index is 12.7. The average Bonchev–Trinajstić information content (AvgIpc) is 2.96. The van der Waals surface area contributed by atoms with Gasteiger partial charge in [0.15, 0.2) is 0 Å². The molecular formula is C11H11F3N6OS. The molecular weight excluding hydrogens is 321 g/mol. The molecule has 2 rings (SSSR count). The molecule has 3 N–H and O–H groups in total. The van der Waals surface area contributed by atoms with Gasteiger partial charge in [-0.25, -0.2) is 9.78 Å². The molecule has 0 spiro atoms. The van der Waals surface area contributed by atoms with Gasteiger partial charge in [-0.15, -0.1) is 10.2 Å². The van der Waals surface area contributed by atoms with Crippen LogP contribution in [-0.2, 0) is 6.18 Å². The Morgan fingerprint density at radius 1 is 1.32 bits per heavy atom. The fraction of sp³-hybridized carbons (Fsp3) is 0.273. The number of anilines is 2. The lowest BCUT2D eigenvalue weighted by molar-refractivity contribution is -0.137. The Morgan fingerprint density at radius 3 is 2.82 bits per heavy atom. The Morgan fingerprint density at radius 2 is 2.14 bits per heavy atom. The molecule has 2 aromatic rings. The van der Waals surface area contributed by atoms with Crippen LogP contribution in [0.2, 0.25) is 0 Å². The van der Waals surface area contributed by atoms with Crippen molar-refractivity contribution in [1.29, 1.82) is 0 Å². The first-order valence-electron chi connectivity index (χ1n) is 6.04. The van der Waals surface area contributed by atoms with Gasteiger partial charge < -0.3 is 10.6 Å². The van der Waals surface area contributed by atoms with Crippen molar-refractivity contribution in [3.05, 3.63) is 29.4 Å². The van der Waals surface area contributed by atoms with E-state index in [9.17, 15) is 18.0 Å². The number of alkyl halides is 3. The average molecular weight is 332 g/mol. The van der Waals surface area contributed by atoms with E-state index >= 15 is 0 Å². The molecule has 0 aliphatic rings. The standard InChI is InChI=1S/C11H11F3N6OS/c12-11(13,14)7-2-1-3-15-8(7)16-4-5-17-9(21)19-10-20-18-6-22-10/h1-3,6H,4-5H2,(H,15,16)(H2,17,19,20,21). The van der Waals surface area contributed by atoms with E-state index in [2.05, 4.69) is 31.1 Å². The van der Waals surface area contributed by atoms with Gasteiger partial charge in [-0.1, -0.05) is 11.3 Å². The van der Waals surface area contributed by atoms with E-state index in [1.807, 2.05) is 0 Å². The molecule has 0 aromatic carbocycles. The van der Waals surface area contributed by atoms with Gasteiger partial charge >= 0.3 is 12.2 Å². The number of pyridine rings is 1. The summed E-state index contributed by atoms with van der Waals surface area (Å²) >= 11 is 1.15. The number of nitrogens with one attached hydrogen (secondary N) is 3. The maximum Gasteiger partial charge on any atom is 0.419 e. The highest BCUT2D eigenvalue weighted by Crippen LogP contribution is 2.33. The van der Waals surface area contributed by atoms with Crippen LogP contribution in [0.25, 0.3) is 0 Å². The predicted molar refractivity (Wildman–Crippen MR) is 74.7 cm³/mol. The first-order chi connectivity index (χ1) is 10.5. The Labute approximate surface area is 127 Å². The molecule has 0 saturated heterocycles. The molecule has 2 aromatic heterocycles. The van der Waals surface area contributed by atoms with Crippen LogP contribution in [0.5, 0.6) is 0 Å². The van der Waals surface area contributed by atoms with Crippen molar-refractivity contribution in [2.24, 2.45) is 0 Å². The van der Waals surface area contributed by atoms with Crippen LogP contribution in [0.3, 0.4) is 0 Å². The lowest BCUT2D eigenvalue weighted by Gasteiger charge is -2.13. The number of amides is 2. The van der Waals surface area contributed by atoms with Gasteiger partial charge in [0.2, 0.25) is 5.13 Å². The molecule has 11 heteroatoms. The van der Waals surface area contributed by atoms with E-state index in [4.69, 9.17) is 0 Å². The summed E-state index contributed by atoms with van der Waals surface area (Å²) in [6.45, 7) is 0.197. The molecule has 0 aliphatic heterocycles. The molecule has 0 atom stereocenters. The zero-order chi connectivity index (χ0) is 16.0.